The van der Waals surface area contributed by atoms with E-state index in [9.17, 15) is 14.7 Å². The third kappa shape index (κ3) is 4.75. The maximum Gasteiger partial charge on any atom is 0.300 e. The summed E-state index contributed by atoms with van der Waals surface area (Å²) in [6.07, 6.45) is 3.20. The Morgan fingerprint density at radius 2 is 1.91 bits per heavy atom. The molecular weight excluding hydrogens is 444 g/mol. The van der Waals surface area contributed by atoms with Crippen LogP contribution < -0.4 is 14.4 Å². The average Bonchev–Trinajstić information content (AvgIpc) is 3.11. The van der Waals surface area contributed by atoms with Crippen LogP contribution in [-0.2, 0) is 9.59 Å². The van der Waals surface area contributed by atoms with E-state index in [2.05, 4.69) is 4.98 Å². The van der Waals surface area contributed by atoms with Gasteiger partial charge in [-0.1, -0.05) is 12.1 Å². The van der Waals surface area contributed by atoms with E-state index in [1.165, 1.54) is 4.90 Å². The summed E-state index contributed by atoms with van der Waals surface area (Å²) in [7, 11) is 0. The lowest BCUT2D eigenvalue weighted by Crippen LogP contribution is -2.29. The Kier molecular flexibility index (Phi) is 6.87. The molecule has 1 N–H and O–H groups in total. The van der Waals surface area contributed by atoms with Gasteiger partial charge in [-0.3, -0.25) is 19.5 Å². The number of aliphatic hydroxyl groups excluding tert-OH is 1. The summed E-state index contributed by atoms with van der Waals surface area (Å²) < 4.78 is 11.4. The monoisotopic (exact) mass is 472 g/mol. The van der Waals surface area contributed by atoms with E-state index in [4.69, 9.17) is 9.47 Å². The first kappa shape index (κ1) is 24.0. The van der Waals surface area contributed by atoms with E-state index < -0.39 is 17.7 Å². The summed E-state index contributed by atoms with van der Waals surface area (Å²) in [5.74, 6) is -0.481. The minimum absolute atomic E-state index is 0.00161. The largest absolute Gasteiger partial charge is 0.507 e. The Morgan fingerprint density at radius 1 is 1.11 bits per heavy atom. The SMILES string of the molecule is CCOc1cccc(N2C(=O)C(=O)/C(=C(\O)c3ccc(OC(C)C)c(C)c3)C2c2cccnc2)c1. The number of hydrogen-bond donors (Lipinski definition) is 1. The highest BCUT2D eigenvalue weighted by Gasteiger charge is 2.47. The Bertz CT molecular complexity index is 1280. The van der Waals surface area contributed by atoms with E-state index in [0.717, 1.165) is 5.56 Å². The van der Waals surface area contributed by atoms with Crippen molar-refractivity contribution in [1.29, 1.82) is 0 Å². The van der Waals surface area contributed by atoms with Crippen LogP contribution in [0.5, 0.6) is 11.5 Å². The smallest absolute Gasteiger partial charge is 0.300 e. The molecule has 1 atom stereocenters. The van der Waals surface area contributed by atoms with Gasteiger partial charge in [0, 0.05) is 29.7 Å². The van der Waals surface area contributed by atoms with Gasteiger partial charge < -0.3 is 14.6 Å². The molecule has 0 bridgehead atoms. The number of pyridine rings is 1. The molecule has 1 aliphatic rings. The predicted octanol–water partition coefficient (Wildman–Crippen LogP) is 5.20. The first-order valence-electron chi connectivity index (χ1n) is 11.5. The van der Waals surface area contributed by atoms with Gasteiger partial charge in [-0.15, -0.1) is 0 Å². The van der Waals surface area contributed by atoms with Crippen LogP contribution in [0.2, 0.25) is 0 Å². The van der Waals surface area contributed by atoms with Gasteiger partial charge in [-0.2, -0.15) is 0 Å². The number of nitrogens with zero attached hydrogens (tertiary/aromatic N) is 2. The first-order chi connectivity index (χ1) is 16.8. The maximum atomic E-state index is 13.3. The van der Waals surface area contributed by atoms with E-state index >= 15 is 0 Å². The molecule has 1 amide bonds. The number of carbonyl (C=O) groups excluding carboxylic acids is 2. The van der Waals surface area contributed by atoms with Gasteiger partial charge in [0.25, 0.3) is 11.7 Å². The van der Waals surface area contributed by atoms with Gasteiger partial charge >= 0.3 is 0 Å². The number of ether oxygens (including phenoxy) is 2. The Balaban J connectivity index is 1.87. The zero-order chi connectivity index (χ0) is 25.1. The number of aryl methyl sites for hydroxylation is 1. The molecule has 0 aliphatic carbocycles. The standard InChI is InChI=1S/C28H28N2O5/c1-5-34-22-10-6-9-21(15-22)30-25(20-8-7-13-29-16-20)24(27(32)28(30)33)26(31)19-11-12-23(18(4)14-19)35-17(2)3/h6-17,25,31H,5H2,1-4H3/b26-24-. The van der Waals surface area contributed by atoms with Crippen LogP contribution in [0.1, 0.15) is 43.5 Å². The number of hydrogen-bond acceptors (Lipinski definition) is 6. The normalized spacial score (nSPS) is 17.2. The zero-order valence-corrected chi connectivity index (χ0v) is 20.2. The first-order valence-corrected chi connectivity index (χ1v) is 11.5. The van der Waals surface area contributed by atoms with Gasteiger partial charge in [0.1, 0.15) is 17.3 Å². The van der Waals surface area contributed by atoms with Gasteiger partial charge in [0.05, 0.1) is 24.3 Å². The topological polar surface area (TPSA) is 89.0 Å². The molecule has 7 nitrogen and oxygen atoms in total. The highest BCUT2D eigenvalue weighted by atomic mass is 16.5. The summed E-state index contributed by atoms with van der Waals surface area (Å²) >= 11 is 0. The zero-order valence-electron chi connectivity index (χ0n) is 20.2. The fraction of sp³-hybridized carbons (Fsp3) is 0.250. The van der Waals surface area contributed by atoms with E-state index in [-0.39, 0.29) is 17.4 Å². The summed E-state index contributed by atoms with van der Waals surface area (Å²) in [6.45, 7) is 8.07. The number of carbonyl (C=O) groups is 2. The molecule has 2 heterocycles. The lowest BCUT2D eigenvalue weighted by Gasteiger charge is -2.25. The van der Waals surface area contributed by atoms with E-state index in [0.29, 0.717) is 34.9 Å². The molecule has 35 heavy (non-hydrogen) atoms. The maximum absolute atomic E-state index is 13.3. The molecule has 1 saturated heterocycles. The Morgan fingerprint density at radius 3 is 2.57 bits per heavy atom. The molecule has 1 unspecified atom stereocenters. The van der Waals surface area contributed by atoms with Crippen molar-refractivity contribution in [3.8, 4) is 11.5 Å². The van der Waals surface area contributed by atoms with Gasteiger partial charge in [0.2, 0.25) is 0 Å². The number of ketones is 1. The van der Waals surface area contributed by atoms with E-state index in [1.807, 2.05) is 27.7 Å². The summed E-state index contributed by atoms with van der Waals surface area (Å²) in [5.41, 5.74) is 2.32. The Labute approximate surface area is 204 Å². The minimum Gasteiger partial charge on any atom is -0.507 e. The van der Waals surface area contributed by atoms with E-state index in [1.54, 1.807) is 67.0 Å². The highest BCUT2D eigenvalue weighted by molar-refractivity contribution is 6.51. The predicted molar refractivity (Wildman–Crippen MR) is 134 cm³/mol. The highest BCUT2D eigenvalue weighted by Crippen LogP contribution is 2.42. The number of aliphatic hydroxyl groups is 1. The fourth-order valence-corrected chi connectivity index (χ4v) is 4.18. The minimum atomic E-state index is -0.854. The molecule has 1 aromatic heterocycles. The van der Waals surface area contributed by atoms with Crippen LogP contribution in [-0.4, -0.2) is 34.5 Å². The number of anilines is 1. The van der Waals surface area contributed by atoms with Crippen LogP contribution >= 0.6 is 0 Å². The number of aromatic nitrogens is 1. The van der Waals surface area contributed by atoms with Gasteiger partial charge in [-0.05, 0) is 75.2 Å². The average molecular weight is 473 g/mol. The van der Waals surface area contributed by atoms with Gasteiger partial charge in [-0.25, -0.2) is 0 Å². The molecule has 0 spiro atoms. The lowest BCUT2D eigenvalue weighted by atomic mass is 9.95. The van der Waals surface area contributed by atoms with Crippen molar-refractivity contribution in [1.82, 2.24) is 4.98 Å². The molecule has 7 heteroatoms. The summed E-state index contributed by atoms with van der Waals surface area (Å²) in [5, 5.41) is 11.3. The van der Waals surface area contributed by atoms with Crippen LogP contribution in [0.4, 0.5) is 5.69 Å². The molecule has 1 aliphatic heterocycles. The fourth-order valence-electron chi connectivity index (χ4n) is 4.18. The second-order valence-electron chi connectivity index (χ2n) is 8.53. The summed E-state index contributed by atoms with van der Waals surface area (Å²) in [6, 6.07) is 14.8. The molecule has 2 aromatic carbocycles. The molecule has 0 saturated carbocycles. The van der Waals surface area contributed by atoms with Crippen molar-refractivity contribution in [3.63, 3.8) is 0 Å². The van der Waals surface area contributed by atoms with Crippen LogP contribution in [0.15, 0.2) is 72.6 Å². The van der Waals surface area contributed by atoms with Crippen LogP contribution in [0.25, 0.3) is 5.76 Å². The molecular formula is C28H28N2O5. The second kappa shape index (κ2) is 10.0. The Hall–Kier alpha value is -4.13. The van der Waals surface area contributed by atoms with Crippen molar-refractivity contribution in [3.05, 3.63) is 89.3 Å². The van der Waals surface area contributed by atoms with Crippen molar-refractivity contribution in [2.45, 2.75) is 39.8 Å². The molecule has 3 aromatic rings. The quantitative estimate of drug-likeness (QED) is 0.289. The van der Waals surface area contributed by atoms with Crippen molar-refractivity contribution in [2.75, 3.05) is 11.5 Å². The number of rotatable bonds is 7. The molecule has 4 rings (SSSR count). The third-order valence-corrected chi connectivity index (χ3v) is 5.66. The van der Waals surface area contributed by atoms with Crippen molar-refractivity contribution < 1.29 is 24.2 Å². The number of benzene rings is 2. The molecule has 180 valence electrons. The molecule has 0 radical (unpaired) electrons. The van der Waals surface area contributed by atoms with Gasteiger partial charge in [0.15, 0.2) is 0 Å². The number of Topliss-reactive ketones (excluding diaryl/α,β-unsaturated/α-hetero) is 1. The number of amides is 1. The summed E-state index contributed by atoms with van der Waals surface area (Å²) in [4.78, 5) is 32.2. The van der Waals surface area contributed by atoms with Crippen LogP contribution in [0, 0.1) is 6.92 Å². The molecule has 1 fully saturated rings. The third-order valence-electron chi connectivity index (χ3n) is 5.66. The second-order valence-corrected chi connectivity index (χ2v) is 8.53. The van der Waals surface area contributed by atoms with Crippen molar-refractivity contribution in [2.24, 2.45) is 0 Å². The lowest BCUT2D eigenvalue weighted by molar-refractivity contribution is -0.132. The van der Waals surface area contributed by atoms with Crippen LogP contribution in [0.3, 0.4) is 0 Å². The van der Waals surface area contributed by atoms with Crippen molar-refractivity contribution >= 4 is 23.1 Å².